The smallest absolute Gasteiger partial charge is 0.261 e. The van der Waals surface area contributed by atoms with Crippen LogP contribution in [-0.2, 0) is 0 Å². The Kier molecular flexibility index (Phi) is 4.05. The molecule has 26 heavy (non-hydrogen) atoms. The summed E-state index contributed by atoms with van der Waals surface area (Å²) in [6, 6.07) is 19.1. The number of nitrogens with zero attached hydrogens (tertiary/aromatic N) is 2. The van der Waals surface area contributed by atoms with E-state index in [1.165, 1.54) is 0 Å². The summed E-state index contributed by atoms with van der Waals surface area (Å²) in [5.74, 6) is 1.32. The van der Waals surface area contributed by atoms with Gasteiger partial charge in [-0.05, 0) is 36.8 Å². The number of benzene rings is 2. The van der Waals surface area contributed by atoms with Crippen molar-refractivity contribution < 1.29 is 9.53 Å². The first-order valence-electron chi connectivity index (χ1n) is 8.43. The molecule has 2 aromatic carbocycles. The van der Waals surface area contributed by atoms with Crippen molar-refractivity contribution in [3.63, 3.8) is 0 Å². The zero-order valence-corrected chi connectivity index (χ0v) is 14.6. The molecule has 0 unspecified atom stereocenters. The van der Waals surface area contributed by atoms with E-state index < -0.39 is 0 Å². The number of carbonyl (C=O) groups excluding carboxylic acids is 1. The summed E-state index contributed by atoms with van der Waals surface area (Å²) in [6.45, 7) is 1.98. The molecule has 0 fully saturated rings. The number of aryl methyl sites for hydroxylation is 1. The van der Waals surface area contributed by atoms with Gasteiger partial charge in [-0.2, -0.15) is 0 Å². The molecule has 1 atom stereocenters. The van der Waals surface area contributed by atoms with E-state index in [1.54, 1.807) is 18.2 Å². The highest BCUT2D eigenvalue weighted by Crippen LogP contribution is 2.37. The predicted molar refractivity (Wildman–Crippen MR) is 102 cm³/mol. The molecule has 3 aromatic rings. The van der Waals surface area contributed by atoms with Gasteiger partial charge in [-0.25, -0.2) is 4.98 Å². The maximum absolute atomic E-state index is 13.0. The van der Waals surface area contributed by atoms with Crippen molar-refractivity contribution in [2.24, 2.45) is 0 Å². The third-order valence-electron chi connectivity index (χ3n) is 4.48. The Bertz CT molecular complexity index is 953. The molecule has 130 valence electrons. The SMILES string of the molecule is COc1cccc(N[C@H]2c3ccccc3C(=O)N2c2ccc(C)cn2)c1. The number of fused-ring (bicyclic) bond motifs is 1. The van der Waals surface area contributed by atoms with E-state index in [-0.39, 0.29) is 12.1 Å². The minimum Gasteiger partial charge on any atom is -0.497 e. The topological polar surface area (TPSA) is 54.5 Å². The molecule has 5 nitrogen and oxygen atoms in total. The standard InChI is InChI=1S/C21H19N3O2/c1-14-10-11-19(22-13-14)24-20(17-8-3-4-9-18(17)21(24)25)23-15-6-5-7-16(12-15)26-2/h3-13,20,23H,1-2H3/t20-/m1/s1. The van der Waals surface area contributed by atoms with Gasteiger partial charge >= 0.3 is 0 Å². The second kappa shape index (κ2) is 6.52. The van der Waals surface area contributed by atoms with Crippen LogP contribution in [0.4, 0.5) is 11.5 Å². The van der Waals surface area contributed by atoms with Crippen LogP contribution in [0.25, 0.3) is 0 Å². The quantitative estimate of drug-likeness (QED) is 0.771. The highest BCUT2D eigenvalue weighted by molar-refractivity contribution is 6.11. The highest BCUT2D eigenvalue weighted by Gasteiger charge is 2.38. The van der Waals surface area contributed by atoms with E-state index in [0.717, 1.165) is 22.6 Å². The number of rotatable bonds is 4. The number of amides is 1. The molecule has 0 spiro atoms. The number of carbonyl (C=O) groups is 1. The lowest BCUT2D eigenvalue weighted by Gasteiger charge is -2.26. The largest absolute Gasteiger partial charge is 0.497 e. The molecule has 4 rings (SSSR count). The van der Waals surface area contributed by atoms with E-state index in [1.807, 2.05) is 67.6 Å². The molecule has 0 bridgehead atoms. The molecular weight excluding hydrogens is 326 g/mol. The van der Waals surface area contributed by atoms with E-state index in [0.29, 0.717) is 11.4 Å². The summed E-state index contributed by atoms with van der Waals surface area (Å²) in [4.78, 5) is 19.2. The number of hydrogen-bond acceptors (Lipinski definition) is 4. The third kappa shape index (κ3) is 2.77. The Morgan fingerprint density at radius 2 is 1.92 bits per heavy atom. The van der Waals surface area contributed by atoms with Crippen LogP contribution in [0, 0.1) is 6.92 Å². The van der Waals surface area contributed by atoms with Gasteiger partial charge in [-0.15, -0.1) is 0 Å². The minimum atomic E-state index is -0.332. The lowest BCUT2D eigenvalue weighted by atomic mass is 10.1. The average molecular weight is 345 g/mol. The summed E-state index contributed by atoms with van der Waals surface area (Å²) in [7, 11) is 1.63. The van der Waals surface area contributed by atoms with Gasteiger partial charge in [0.15, 0.2) is 0 Å². The van der Waals surface area contributed by atoms with Crippen LogP contribution in [0.5, 0.6) is 5.75 Å². The van der Waals surface area contributed by atoms with E-state index in [9.17, 15) is 4.79 Å². The van der Waals surface area contributed by atoms with Gasteiger partial charge in [0.25, 0.3) is 5.91 Å². The number of nitrogens with one attached hydrogen (secondary N) is 1. The first-order chi connectivity index (χ1) is 12.7. The van der Waals surface area contributed by atoms with Crippen molar-refractivity contribution in [3.8, 4) is 5.75 Å². The summed E-state index contributed by atoms with van der Waals surface area (Å²) < 4.78 is 5.30. The van der Waals surface area contributed by atoms with Crippen molar-refractivity contribution in [2.75, 3.05) is 17.3 Å². The molecule has 1 amide bonds. The second-order valence-corrected chi connectivity index (χ2v) is 6.23. The van der Waals surface area contributed by atoms with Gasteiger partial charge in [0.2, 0.25) is 0 Å². The van der Waals surface area contributed by atoms with Gasteiger partial charge in [0, 0.05) is 29.1 Å². The van der Waals surface area contributed by atoms with Crippen LogP contribution in [0.2, 0.25) is 0 Å². The van der Waals surface area contributed by atoms with Crippen LogP contribution >= 0.6 is 0 Å². The fourth-order valence-electron chi connectivity index (χ4n) is 3.17. The molecule has 1 N–H and O–H groups in total. The summed E-state index contributed by atoms with van der Waals surface area (Å²) in [5, 5.41) is 3.45. The molecule has 1 aliphatic heterocycles. The molecule has 0 saturated heterocycles. The Hall–Kier alpha value is -3.34. The van der Waals surface area contributed by atoms with Gasteiger partial charge in [-0.3, -0.25) is 9.69 Å². The van der Waals surface area contributed by atoms with Crippen LogP contribution in [0.3, 0.4) is 0 Å². The number of ether oxygens (including phenoxy) is 1. The fraction of sp³-hybridized carbons (Fsp3) is 0.143. The molecule has 0 radical (unpaired) electrons. The maximum atomic E-state index is 13.0. The van der Waals surface area contributed by atoms with Crippen molar-refractivity contribution >= 4 is 17.4 Å². The third-order valence-corrected chi connectivity index (χ3v) is 4.48. The summed E-state index contributed by atoms with van der Waals surface area (Å²) in [6.07, 6.45) is 1.44. The van der Waals surface area contributed by atoms with Gasteiger partial charge in [-0.1, -0.05) is 30.3 Å². The average Bonchev–Trinajstić information content (AvgIpc) is 2.95. The minimum absolute atomic E-state index is 0.0580. The monoisotopic (exact) mass is 345 g/mol. The number of anilines is 2. The Balaban J connectivity index is 1.76. The normalized spacial score (nSPS) is 15.7. The zero-order valence-electron chi connectivity index (χ0n) is 14.6. The fourth-order valence-corrected chi connectivity index (χ4v) is 3.17. The van der Waals surface area contributed by atoms with Crippen molar-refractivity contribution in [2.45, 2.75) is 13.1 Å². The molecule has 1 aliphatic rings. The van der Waals surface area contributed by atoms with Crippen molar-refractivity contribution in [3.05, 3.63) is 83.6 Å². The predicted octanol–water partition coefficient (Wildman–Crippen LogP) is 4.17. The van der Waals surface area contributed by atoms with E-state index in [4.69, 9.17) is 4.74 Å². The Labute approximate surface area is 152 Å². The molecule has 1 aromatic heterocycles. The van der Waals surface area contributed by atoms with Gasteiger partial charge in [0.1, 0.15) is 17.7 Å². The summed E-state index contributed by atoms with van der Waals surface area (Å²) >= 11 is 0. The number of pyridine rings is 1. The lowest BCUT2D eigenvalue weighted by molar-refractivity contribution is 0.0992. The number of methoxy groups -OCH3 is 1. The molecule has 0 aliphatic carbocycles. The first-order valence-corrected chi connectivity index (χ1v) is 8.43. The molecule has 5 heteroatoms. The van der Waals surface area contributed by atoms with Crippen LogP contribution in [0.1, 0.15) is 27.7 Å². The van der Waals surface area contributed by atoms with Gasteiger partial charge in [0.05, 0.1) is 7.11 Å². The van der Waals surface area contributed by atoms with Crippen molar-refractivity contribution in [1.29, 1.82) is 0 Å². The Morgan fingerprint density at radius 1 is 1.08 bits per heavy atom. The van der Waals surface area contributed by atoms with E-state index >= 15 is 0 Å². The number of aromatic nitrogens is 1. The zero-order chi connectivity index (χ0) is 18.1. The number of hydrogen-bond donors (Lipinski definition) is 1. The second-order valence-electron chi connectivity index (χ2n) is 6.23. The summed E-state index contributed by atoms with van der Waals surface area (Å²) in [5.41, 5.74) is 3.55. The van der Waals surface area contributed by atoms with Gasteiger partial charge < -0.3 is 10.1 Å². The molecular formula is C21H19N3O2. The van der Waals surface area contributed by atoms with Crippen LogP contribution in [-0.4, -0.2) is 18.0 Å². The van der Waals surface area contributed by atoms with E-state index in [2.05, 4.69) is 10.3 Å². The first kappa shape index (κ1) is 16.1. The molecule has 0 saturated carbocycles. The molecule has 2 heterocycles. The lowest BCUT2D eigenvalue weighted by Crippen LogP contribution is -2.32. The van der Waals surface area contributed by atoms with Crippen molar-refractivity contribution in [1.82, 2.24) is 4.98 Å². The van der Waals surface area contributed by atoms with Crippen LogP contribution < -0.4 is 15.0 Å². The maximum Gasteiger partial charge on any atom is 0.261 e. The highest BCUT2D eigenvalue weighted by atomic mass is 16.5. The Morgan fingerprint density at radius 3 is 2.69 bits per heavy atom. The van der Waals surface area contributed by atoms with Crippen LogP contribution in [0.15, 0.2) is 66.9 Å².